The summed E-state index contributed by atoms with van der Waals surface area (Å²) in [5.74, 6) is -1.31. The van der Waals surface area contributed by atoms with Gasteiger partial charge < -0.3 is 4.90 Å². The summed E-state index contributed by atoms with van der Waals surface area (Å²) in [6.45, 7) is 6.42. The van der Waals surface area contributed by atoms with Gasteiger partial charge >= 0.3 is 0 Å². The number of aryl methyl sites for hydroxylation is 1. The van der Waals surface area contributed by atoms with Crippen molar-refractivity contribution in [2.45, 2.75) is 45.4 Å². The summed E-state index contributed by atoms with van der Waals surface area (Å²) in [5, 5.41) is 11.9. The van der Waals surface area contributed by atoms with Crippen LogP contribution in [0.5, 0.6) is 0 Å². The van der Waals surface area contributed by atoms with Crippen LogP contribution in [0.15, 0.2) is 29.6 Å². The lowest BCUT2D eigenvalue weighted by Gasteiger charge is -2.23. The zero-order valence-electron chi connectivity index (χ0n) is 15.8. The van der Waals surface area contributed by atoms with Crippen molar-refractivity contribution in [1.82, 2.24) is 4.98 Å². The Kier molecular flexibility index (Phi) is 5.71. The maximum absolute atomic E-state index is 12.9. The second kappa shape index (κ2) is 8.01. The van der Waals surface area contributed by atoms with E-state index in [1.54, 1.807) is 4.90 Å². The lowest BCUT2D eigenvalue weighted by Crippen LogP contribution is -2.28. The molecule has 6 heteroatoms. The molecule has 1 aromatic heterocycles. The van der Waals surface area contributed by atoms with Gasteiger partial charge in [0.15, 0.2) is 11.7 Å². The molecule has 3 atom stereocenters. The number of amides is 1. The molecule has 0 spiro atoms. The molecular formula is C21H23N3O2S. The second-order valence-electron chi connectivity index (χ2n) is 7.07. The molecule has 3 unspecified atom stereocenters. The van der Waals surface area contributed by atoms with E-state index in [0.717, 1.165) is 23.4 Å². The molecule has 1 aromatic carbocycles. The zero-order valence-corrected chi connectivity index (χ0v) is 16.6. The highest BCUT2D eigenvalue weighted by Crippen LogP contribution is 2.35. The molecule has 3 rings (SSSR count). The van der Waals surface area contributed by atoms with Crippen molar-refractivity contribution in [2.24, 2.45) is 5.92 Å². The first kappa shape index (κ1) is 19.2. The van der Waals surface area contributed by atoms with Gasteiger partial charge in [-0.25, -0.2) is 4.98 Å². The second-order valence-corrected chi connectivity index (χ2v) is 7.95. The molecule has 2 aromatic rings. The number of anilines is 1. The molecule has 27 heavy (non-hydrogen) atoms. The normalized spacial score (nSPS) is 19.0. The zero-order chi connectivity index (χ0) is 19.6. The SMILES string of the molecule is CCC(C)c1ccccc1N1CC(C(=O)C(C#N)c2nc(C)cs2)CC1=O. The number of nitriles is 1. The van der Waals surface area contributed by atoms with Gasteiger partial charge in [0.1, 0.15) is 5.01 Å². The van der Waals surface area contributed by atoms with Gasteiger partial charge in [0.25, 0.3) is 0 Å². The minimum absolute atomic E-state index is 0.0592. The summed E-state index contributed by atoms with van der Waals surface area (Å²) in [6.07, 6.45) is 1.12. The molecule has 1 amide bonds. The minimum atomic E-state index is -0.897. The van der Waals surface area contributed by atoms with Gasteiger partial charge in [-0.05, 0) is 30.9 Å². The summed E-state index contributed by atoms with van der Waals surface area (Å²) in [5.41, 5.74) is 2.80. The third-order valence-corrected chi connectivity index (χ3v) is 6.22. The van der Waals surface area contributed by atoms with E-state index in [-0.39, 0.29) is 18.1 Å². The van der Waals surface area contributed by atoms with Crippen LogP contribution in [0, 0.1) is 24.2 Å². The average molecular weight is 382 g/mol. The van der Waals surface area contributed by atoms with Gasteiger partial charge in [-0.3, -0.25) is 9.59 Å². The molecule has 0 saturated carbocycles. The van der Waals surface area contributed by atoms with Crippen molar-refractivity contribution >= 4 is 28.7 Å². The average Bonchev–Trinajstić information content (AvgIpc) is 3.27. The van der Waals surface area contributed by atoms with Gasteiger partial charge in [-0.1, -0.05) is 32.0 Å². The van der Waals surface area contributed by atoms with E-state index in [1.165, 1.54) is 11.3 Å². The number of rotatable bonds is 6. The first-order valence-corrected chi connectivity index (χ1v) is 10.1. The highest BCUT2D eigenvalue weighted by molar-refractivity contribution is 7.09. The lowest BCUT2D eigenvalue weighted by molar-refractivity contribution is -0.124. The molecule has 140 valence electrons. The van der Waals surface area contributed by atoms with Crippen LogP contribution in [0.4, 0.5) is 5.69 Å². The summed E-state index contributed by atoms with van der Waals surface area (Å²) < 4.78 is 0. The van der Waals surface area contributed by atoms with Crippen LogP contribution >= 0.6 is 11.3 Å². The third kappa shape index (κ3) is 3.79. The molecule has 1 aliphatic rings. The Bertz CT molecular complexity index is 899. The number of thiazole rings is 1. The standard InChI is InChI=1S/C21H23N3O2S/c1-4-13(2)16-7-5-6-8-18(16)24-11-15(9-19(24)25)20(26)17(10-22)21-23-14(3)12-27-21/h5-8,12-13,15,17H,4,9,11H2,1-3H3. The quantitative estimate of drug-likeness (QED) is 0.752. The number of para-hydroxylation sites is 1. The van der Waals surface area contributed by atoms with E-state index in [1.807, 2.05) is 36.6 Å². The molecule has 1 saturated heterocycles. The number of hydrogen-bond acceptors (Lipinski definition) is 5. The molecule has 0 aliphatic carbocycles. The van der Waals surface area contributed by atoms with Gasteiger partial charge in [0.2, 0.25) is 5.91 Å². The number of benzene rings is 1. The van der Waals surface area contributed by atoms with E-state index in [4.69, 9.17) is 0 Å². The Balaban J connectivity index is 1.84. The molecule has 1 fully saturated rings. The number of Topliss-reactive ketones (excluding diaryl/α,β-unsaturated/α-hetero) is 1. The highest BCUT2D eigenvalue weighted by atomic mass is 32.1. The van der Waals surface area contributed by atoms with Gasteiger partial charge in [-0.2, -0.15) is 5.26 Å². The fraction of sp³-hybridized carbons (Fsp3) is 0.429. The van der Waals surface area contributed by atoms with Crippen molar-refractivity contribution in [3.8, 4) is 6.07 Å². The van der Waals surface area contributed by atoms with E-state index in [0.29, 0.717) is 17.5 Å². The van der Waals surface area contributed by atoms with Crippen LogP contribution in [0.2, 0.25) is 0 Å². The van der Waals surface area contributed by atoms with Crippen LogP contribution in [-0.2, 0) is 9.59 Å². The van der Waals surface area contributed by atoms with E-state index in [2.05, 4.69) is 24.9 Å². The molecular weight excluding hydrogens is 358 g/mol. The lowest BCUT2D eigenvalue weighted by atomic mass is 9.93. The Labute approximate surface area is 163 Å². The van der Waals surface area contributed by atoms with E-state index < -0.39 is 11.8 Å². The minimum Gasteiger partial charge on any atom is -0.311 e. The largest absolute Gasteiger partial charge is 0.311 e. The molecule has 0 N–H and O–H groups in total. The number of carbonyl (C=O) groups is 2. The molecule has 5 nitrogen and oxygen atoms in total. The van der Waals surface area contributed by atoms with Gasteiger partial charge in [0, 0.05) is 35.6 Å². The third-order valence-electron chi connectivity index (χ3n) is 5.20. The van der Waals surface area contributed by atoms with Crippen LogP contribution in [-0.4, -0.2) is 23.2 Å². The van der Waals surface area contributed by atoms with Crippen LogP contribution in [0.1, 0.15) is 54.8 Å². The maximum atomic E-state index is 12.9. The monoisotopic (exact) mass is 381 g/mol. The molecule has 0 bridgehead atoms. The van der Waals surface area contributed by atoms with E-state index in [9.17, 15) is 14.9 Å². The smallest absolute Gasteiger partial charge is 0.227 e. The van der Waals surface area contributed by atoms with Gasteiger partial charge in [0.05, 0.1) is 6.07 Å². The first-order valence-electron chi connectivity index (χ1n) is 9.20. The summed E-state index contributed by atoms with van der Waals surface area (Å²) in [7, 11) is 0. The van der Waals surface area contributed by atoms with Crippen molar-refractivity contribution in [3.05, 3.63) is 45.9 Å². The number of carbonyl (C=O) groups excluding carboxylic acids is 2. The van der Waals surface area contributed by atoms with Gasteiger partial charge in [-0.15, -0.1) is 11.3 Å². The van der Waals surface area contributed by atoms with E-state index >= 15 is 0 Å². The van der Waals surface area contributed by atoms with Crippen molar-refractivity contribution < 1.29 is 9.59 Å². The number of nitrogens with zero attached hydrogens (tertiary/aromatic N) is 3. The number of hydrogen-bond donors (Lipinski definition) is 0. The number of ketones is 1. The molecule has 2 heterocycles. The van der Waals surface area contributed by atoms with Crippen molar-refractivity contribution in [3.63, 3.8) is 0 Å². The summed E-state index contributed by atoms with van der Waals surface area (Å²) >= 11 is 1.32. The maximum Gasteiger partial charge on any atom is 0.227 e. The van der Waals surface area contributed by atoms with Crippen molar-refractivity contribution in [2.75, 3.05) is 11.4 Å². The summed E-state index contributed by atoms with van der Waals surface area (Å²) in [4.78, 5) is 31.6. The highest BCUT2D eigenvalue weighted by Gasteiger charge is 2.40. The summed E-state index contributed by atoms with van der Waals surface area (Å²) in [6, 6.07) is 9.97. The van der Waals surface area contributed by atoms with Crippen LogP contribution in [0.3, 0.4) is 0 Å². The fourth-order valence-electron chi connectivity index (χ4n) is 3.48. The van der Waals surface area contributed by atoms with Crippen LogP contribution in [0.25, 0.3) is 0 Å². The predicted molar refractivity (Wildman–Crippen MR) is 106 cm³/mol. The number of aromatic nitrogens is 1. The molecule has 1 aliphatic heterocycles. The Morgan fingerprint density at radius 2 is 2.19 bits per heavy atom. The fourth-order valence-corrected chi connectivity index (χ4v) is 4.33. The topological polar surface area (TPSA) is 74.1 Å². The van der Waals surface area contributed by atoms with Crippen molar-refractivity contribution in [1.29, 1.82) is 5.26 Å². The van der Waals surface area contributed by atoms with Crippen LogP contribution < -0.4 is 4.90 Å². The first-order chi connectivity index (χ1) is 13.0. The Hall–Kier alpha value is -2.52. The Morgan fingerprint density at radius 3 is 2.81 bits per heavy atom. The predicted octanol–water partition coefficient (Wildman–Crippen LogP) is 4.19. The Morgan fingerprint density at radius 1 is 1.44 bits per heavy atom. The molecule has 0 radical (unpaired) electrons.